The summed E-state index contributed by atoms with van der Waals surface area (Å²) in [4.78, 5) is 2.54. The number of aryl methyl sites for hydroxylation is 3. The predicted octanol–water partition coefficient (Wildman–Crippen LogP) is 3.01. The third kappa shape index (κ3) is 3.24. The Labute approximate surface area is 132 Å². The first kappa shape index (κ1) is 15.3. The smallest absolute Gasteiger partial charge is 0.0638 e. The quantitative estimate of drug-likeness (QED) is 0.892. The molecule has 0 aromatic carbocycles. The van der Waals surface area contributed by atoms with Crippen LogP contribution in [0, 0.1) is 13.8 Å². The van der Waals surface area contributed by atoms with Crippen molar-refractivity contribution in [2.24, 2.45) is 0 Å². The van der Waals surface area contributed by atoms with E-state index in [0.717, 1.165) is 26.2 Å². The minimum Gasteiger partial charge on any atom is -0.298 e. The molecule has 2 aromatic rings. The second kappa shape index (κ2) is 6.65. The van der Waals surface area contributed by atoms with E-state index in [1.807, 2.05) is 6.20 Å². The van der Waals surface area contributed by atoms with Crippen molar-refractivity contribution in [1.29, 1.82) is 0 Å². The topological polar surface area (TPSA) is 49.7 Å². The molecule has 1 N–H and O–H groups in total. The molecule has 1 fully saturated rings. The highest BCUT2D eigenvalue weighted by Crippen LogP contribution is 2.28. The molecule has 3 heterocycles. The van der Waals surface area contributed by atoms with Crippen LogP contribution < -0.4 is 0 Å². The maximum atomic E-state index is 4.65. The van der Waals surface area contributed by atoms with Gasteiger partial charge in [0.15, 0.2) is 0 Å². The van der Waals surface area contributed by atoms with Crippen molar-refractivity contribution >= 4 is 0 Å². The molecule has 0 spiro atoms. The van der Waals surface area contributed by atoms with E-state index < -0.39 is 0 Å². The lowest BCUT2D eigenvalue weighted by Gasteiger charge is -2.15. The fourth-order valence-electron chi connectivity index (χ4n) is 3.37. The van der Waals surface area contributed by atoms with E-state index in [9.17, 15) is 0 Å². The van der Waals surface area contributed by atoms with Gasteiger partial charge in [-0.05, 0) is 38.8 Å². The molecule has 2 aromatic heterocycles. The van der Waals surface area contributed by atoms with Crippen molar-refractivity contribution in [1.82, 2.24) is 24.9 Å². The van der Waals surface area contributed by atoms with E-state index in [0.29, 0.717) is 5.92 Å². The first-order chi connectivity index (χ1) is 10.7. The second-order valence-electron chi connectivity index (χ2n) is 6.54. The van der Waals surface area contributed by atoms with Gasteiger partial charge in [-0.15, -0.1) is 0 Å². The van der Waals surface area contributed by atoms with Gasteiger partial charge >= 0.3 is 0 Å². The van der Waals surface area contributed by atoms with Crippen LogP contribution in [0.15, 0.2) is 12.4 Å². The summed E-state index contributed by atoms with van der Waals surface area (Å²) in [5.74, 6) is 0.595. The second-order valence-corrected chi connectivity index (χ2v) is 6.54. The molecule has 0 bridgehead atoms. The summed E-state index contributed by atoms with van der Waals surface area (Å²) < 4.78 is 2.11. The molecular weight excluding hydrogens is 274 g/mol. The third-order valence-corrected chi connectivity index (χ3v) is 4.73. The van der Waals surface area contributed by atoms with E-state index in [1.165, 1.54) is 41.8 Å². The number of rotatable bonds is 6. The van der Waals surface area contributed by atoms with Gasteiger partial charge in [-0.25, -0.2) is 0 Å². The lowest BCUT2D eigenvalue weighted by Crippen LogP contribution is -2.20. The van der Waals surface area contributed by atoms with Crippen molar-refractivity contribution in [2.75, 3.05) is 13.1 Å². The van der Waals surface area contributed by atoms with Crippen LogP contribution in [0.5, 0.6) is 0 Å². The van der Waals surface area contributed by atoms with Gasteiger partial charge in [-0.2, -0.15) is 10.2 Å². The molecule has 1 saturated heterocycles. The Bertz CT molecular complexity index is 612. The Kier molecular flexibility index (Phi) is 4.62. The number of nitrogens with one attached hydrogen (secondary N) is 1. The molecule has 1 aliphatic heterocycles. The molecule has 0 amide bonds. The highest BCUT2D eigenvalue weighted by molar-refractivity contribution is 5.21. The molecule has 1 atom stereocenters. The van der Waals surface area contributed by atoms with Crippen LogP contribution in [0.4, 0.5) is 0 Å². The van der Waals surface area contributed by atoms with Crippen molar-refractivity contribution in [3.63, 3.8) is 0 Å². The zero-order valence-corrected chi connectivity index (χ0v) is 14.0. The summed E-state index contributed by atoms with van der Waals surface area (Å²) in [6.07, 6.45) is 7.79. The normalized spacial score (nSPS) is 19.1. The molecule has 0 aliphatic carbocycles. The van der Waals surface area contributed by atoms with Crippen LogP contribution in [0.3, 0.4) is 0 Å². The van der Waals surface area contributed by atoms with E-state index in [4.69, 9.17) is 0 Å². The molecule has 3 rings (SSSR count). The average molecular weight is 301 g/mol. The Morgan fingerprint density at radius 3 is 2.95 bits per heavy atom. The van der Waals surface area contributed by atoms with Crippen LogP contribution in [0.2, 0.25) is 0 Å². The monoisotopic (exact) mass is 301 g/mol. The van der Waals surface area contributed by atoms with Crippen molar-refractivity contribution in [3.05, 3.63) is 34.9 Å². The van der Waals surface area contributed by atoms with Crippen LogP contribution in [0.1, 0.15) is 54.6 Å². The fourth-order valence-corrected chi connectivity index (χ4v) is 3.37. The van der Waals surface area contributed by atoms with E-state index in [1.54, 1.807) is 0 Å². The summed E-state index contributed by atoms with van der Waals surface area (Å²) in [6.45, 7) is 10.8. The molecule has 1 aliphatic rings. The standard InChI is InChI=1S/C17H27N5/c1-4-5-7-22-12-16(14(3)20-22)11-21-8-6-15(10-21)17-13(2)9-18-19-17/h9,12,15H,4-8,10-11H2,1-3H3,(H,18,19). The first-order valence-electron chi connectivity index (χ1n) is 8.42. The van der Waals surface area contributed by atoms with Gasteiger partial charge in [0.2, 0.25) is 0 Å². The maximum Gasteiger partial charge on any atom is 0.0638 e. The summed E-state index contributed by atoms with van der Waals surface area (Å²) in [5, 5.41) is 12.0. The number of unbranched alkanes of at least 4 members (excludes halogenated alkanes) is 1. The Morgan fingerprint density at radius 2 is 2.23 bits per heavy atom. The Balaban J connectivity index is 1.60. The van der Waals surface area contributed by atoms with Crippen LogP contribution >= 0.6 is 0 Å². The zero-order chi connectivity index (χ0) is 15.5. The molecule has 0 saturated carbocycles. The predicted molar refractivity (Wildman–Crippen MR) is 87.8 cm³/mol. The maximum absolute atomic E-state index is 4.65. The van der Waals surface area contributed by atoms with Gasteiger partial charge in [0.05, 0.1) is 11.9 Å². The van der Waals surface area contributed by atoms with Crippen LogP contribution in [-0.4, -0.2) is 38.0 Å². The average Bonchev–Trinajstić information content (AvgIpc) is 3.19. The number of likely N-dealkylation sites (tertiary alicyclic amines) is 1. The lowest BCUT2D eigenvalue weighted by atomic mass is 10.0. The molecule has 120 valence electrons. The summed E-state index contributed by atoms with van der Waals surface area (Å²) in [7, 11) is 0. The molecule has 1 unspecified atom stereocenters. The van der Waals surface area contributed by atoms with Crippen LogP contribution in [0.25, 0.3) is 0 Å². The number of hydrogen-bond donors (Lipinski definition) is 1. The van der Waals surface area contributed by atoms with E-state index in [2.05, 4.69) is 51.8 Å². The van der Waals surface area contributed by atoms with Gasteiger partial charge in [0, 0.05) is 43.0 Å². The molecule has 5 nitrogen and oxygen atoms in total. The zero-order valence-electron chi connectivity index (χ0n) is 14.0. The highest BCUT2D eigenvalue weighted by Gasteiger charge is 2.26. The van der Waals surface area contributed by atoms with Gasteiger partial charge in [0.25, 0.3) is 0 Å². The summed E-state index contributed by atoms with van der Waals surface area (Å²) in [5.41, 5.74) is 5.16. The van der Waals surface area contributed by atoms with Crippen molar-refractivity contribution < 1.29 is 0 Å². The Morgan fingerprint density at radius 1 is 1.36 bits per heavy atom. The minimum atomic E-state index is 0.595. The number of hydrogen-bond acceptors (Lipinski definition) is 3. The lowest BCUT2D eigenvalue weighted by molar-refractivity contribution is 0.325. The largest absolute Gasteiger partial charge is 0.298 e. The van der Waals surface area contributed by atoms with Crippen molar-refractivity contribution in [3.8, 4) is 0 Å². The SMILES string of the molecule is CCCCn1cc(CN2CCC(c3[nH]ncc3C)C2)c(C)n1. The van der Waals surface area contributed by atoms with Crippen LogP contribution in [-0.2, 0) is 13.1 Å². The molecule has 22 heavy (non-hydrogen) atoms. The number of H-pyrrole nitrogens is 1. The van der Waals surface area contributed by atoms with E-state index in [-0.39, 0.29) is 0 Å². The fraction of sp³-hybridized carbons (Fsp3) is 0.647. The third-order valence-electron chi connectivity index (χ3n) is 4.73. The number of aromatic nitrogens is 4. The summed E-state index contributed by atoms with van der Waals surface area (Å²) >= 11 is 0. The highest BCUT2D eigenvalue weighted by atomic mass is 15.3. The number of aromatic amines is 1. The molecule has 0 radical (unpaired) electrons. The summed E-state index contributed by atoms with van der Waals surface area (Å²) in [6, 6.07) is 0. The minimum absolute atomic E-state index is 0.595. The molecular formula is C17H27N5. The van der Waals surface area contributed by atoms with Crippen molar-refractivity contribution in [2.45, 2.75) is 59.0 Å². The Hall–Kier alpha value is -1.62. The number of nitrogens with zero attached hydrogens (tertiary/aromatic N) is 4. The van der Waals surface area contributed by atoms with Gasteiger partial charge in [-0.3, -0.25) is 14.7 Å². The molecule has 5 heteroatoms. The van der Waals surface area contributed by atoms with E-state index >= 15 is 0 Å². The van der Waals surface area contributed by atoms with Gasteiger partial charge in [-0.1, -0.05) is 13.3 Å². The van der Waals surface area contributed by atoms with Gasteiger partial charge in [0.1, 0.15) is 0 Å². The van der Waals surface area contributed by atoms with Gasteiger partial charge < -0.3 is 0 Å². The first-order valence-corrected chi connectivity index (χ1v) is 8.42.